The monoisotopic (exact) mass is 417 g/mol. The van der Waals surface area contributed by atoms with Crippen LogP contribution in [0.4, 0.5) is 5.69 Å². The number of ether oxygens (including phenoxy) is 1. The van der Waals surface area contributed by atoms with E-state index in [0.717, 1.165) is 43.3 Å². The number of anilines is 1. The van der Waals surface area contributed by atoms with E-state index in [9.17, 15) is 4.79 Å². The van der Waals surface area contributed by atoms with E-state index in [-0.39, 0.29) is 5.91 Å². The van der Waals surface area contributed by atoms with Crippen LogP contribution in [0, 0.1) is 20.8 Å². The topological polar surface area (TPSA) is 64.1 Å². The highest BCUT2D eigenvalue weighted by Crippen LogP contribution is 2.33. The smallest absolute Gasteiger partial charge is 0.265 e. The van der Waals surface area contributed by atoms with E-state index >= 15 is 0 Å². The zero-order valence-electron chi connectivity index (χ0n) is 17.4. The Morgan fingerprint density at radius 3 is 2.57 bits per heavy atom. The van der Waals surface area contributed by atoms with Crippen molar-refractivity contribution in [3.05, 3.63) is 71.4 Å². The second-order valence-electron chi connectivity index (χ2n) is 7.40. The Morgan fingerprint density at radius 2 is 1.83 bits per heavy atom. The van der Waals surface area contributed by atoms with Gasteiger partial charge in [0.05, 0.1) is 0 Å². The second kappa shape index (κ2) is 8.24. The lowest BCUT2D eigenvalue weighted by Crippen LogP contribution is -2.30. The lowest BCUT2D eigenvalue weighted by molar-refractivity contribution is -0.122. The number of carbonyl (C=O) groups excluding carboxylic acids is 1. The average molecular weight is 418 g/mol. The molecule has 4 aromatic rings. The van der Waals surface area contributed by atoms with Crippen molar-refractivity contribution in [2.24, 2.45) is 0 Å². The molecule has 0 radical (unpaired) electrons. The van der Waals surface area contributed by atoms with Crippen molar-refractivity contribution in [1.29, 1.82) is 0 Å². The predicted octanol–water partition coefficient (Wildman–Crippen LogP) is 5.69. The Labute approximate surface area is 179 Å². The number of fused-ring (bicyclic) bond motifs is 1. The van der Waals surface area contributed by atoms with Crippen LogP contribution in [0.2, 0.25) is 0 Å². The molecule has 2 heterocycles. The summed E-state index contributed by atoms with van der Waals surface area (Å²) in [4.78, 5) is 22.7. The number of thiazole rings is 1. The maximum absolute atomic E-state index is 12.8. The number of carbonyl (C=O) groups is 1. The molecule has 2 aromatic carbocycles. The third-order valence-electron chi connectivity index (χ3n) is 4.87. The van der Waals surface area contributed by atoms with Crippen LogP contribution in [0.5, 0.6) is 5.75 Å². The molecule has 0 saturated carbocycles. The summed E-state index contributed by atoms with van der Waals surface area (Å²) in [5, 5.41) is 3.89. The van der Waals surface area contributed by atoms with Crippen LogP contribution in [-0.4, -0.2) is 22.0 Å². The first-order valence-corrected chi connectivity index (χ1v) is 10.6. The molecule has 5 nitrogen and oxygen atoms in total. The van der Waals surface area contributed by atoms with Gasteiger partial charge in [0.25, 0.3) is 5.91 Å². The number of amides is 1. The van der Waals surface area contributed by atoms with Crippen molar-refractivity contribution in [2.75, 3.05) is 5.32 Å². The van der Waals surface area contributed by atoms with Crippen LogP contribution in [0.3, 0.4) is 0 Å². The molecule has 1 N–H and O–H groups in total. The molecule has 0 bridgehead atoms. The number of nitrogens with zero attached hydrogens (tertiary/aromatic N) is 2. The predicted molar refractivity (Wildman–Crippen MR) is 122 cm³/mol. The number of nitrogens with one attached hydrogen (secondary N) is 1. The van der Waals surface area contributed by atoms with Gasteiger partial charge in [0.15, 0.2) is 6.10 Å². The summed E-state index contributed by atoms with van der Waals surface area (Å²) in [5.74, 6) is 0.503. The lowest BCUT2D eigenvalue weighted by atomic mass is 10.1. The van der Waals surface area contributed by atoms with Crippen LogP contribution in [0.1, 0.15) is 23.6 Å². The van der Waals surface area contributed by atoms with Gasteiger partial charge in [-0.1, -0.05) is 29.5 Å². The summed E-state index contributed by atoms with van der Waals surface area (Å²) >= 11 is 1.54. The van der Waals surface area contributed by atoms with Gasteiger partial charge in [-0.05, 0) is 74.7 Å². The lowest BCUT2D eigenvalue weighted by Gasteiger charge is -2.17. The number of hydrogen-bond acceptors (Lipinski definition) is 5. The highest BCUT2D eigenvalue weighted by Gasteiger charge is 2.18. The first-order chi connectivity index (χ1) is 14.4. The SMILES string of the molecule is Cc1cc(C)cc(OC(C)C(=O)Nc2cccc(-c3nc4cccnc4s3)c2C)c1. The highest BCUT2D eigenvalue weighted by molar-refractivity contribution is 7.21. The van der Waals surface area contributed by atoms with Gasteiger partial charge in [-0.15, -0.1) is 0 Å². The maximum atomic E-state index is 12.8. The van der Waals surface area contributed by atoms with Gasteiger partial charge in [-0.3, -0.25) is 4.79 Å². The van der Waals surface area contributed by atoms with Gasteiger partial charge < -0.3 is 10.1 Å². The van der Waals surface area contributed by atoms with E-state index in [0.29, 0.717) is 5.75 Å². The average Bonchev–Trinajstić information content (AvgIpc) is 3.12. The van der Waals surface area contributed by atoms with Crippen molar-refractivity contribution >= 4 is 33.3 Å². The van der Waals surface area contributed by atoms with Gasteiger partial charge in [-0.25, -0.2) is 9.97 Å². The van der Waals surface area contributed by atoms with E-state index < -0.39 is 6.10 Å². The number of benzene rings is 2. The Bertz CT molecular complexity index is 1180. The molecule has 0 saturated heterocycles. The molecule has 0 aliphatic carbocycles. The standard InChI is InChI=1S/C24H23N3O2S/c1-14-11-15(2)13-18(12-14)29-17(4)22(28)26-20-8-5-7-19(16(20)3)23-27-21-9-6-10-25-24(21)30-23/h5-13,17H,1-4H3,(H,26,28). The van der Waals surface area contributed by atoms with Crippen molar-refractivity contribution in [3.8, 4) is 16.3 Å². The first-order valence-electron chi connectivity index (χ1n) is 9.78. The molecule has 1 amide bonds. The zero-order chi connectivity index (χ0) is 21.3. The van der Waals surface area contributed by atoms with Gasteiger partial charge in [0.1, 0.15) is 21.1 Å². The summed E-state index contributed by atoms with van der Waals surface area (Å²) < 4.78 is 5.87. The molecule has 1 atom stereocenters. The zero-order valence-corrected chi connectivity index (χ0v) is 18.2. The number of rotatable bonds is 5. The molecule has 2 aromatic heterocycles. The summed E-state index contributed by atoms with van der Waals surface area (Å²) in [5.41, 5.74) is 5.78. The highest BCUT2D eigenvalue weighted by atomic mass is 32.1. The molecule has 0 aliphatic heterocycles. The summed E-state index contributed by atoms with van der Waals surface area (Å²) in [6, 6.07) is 15.6. The van der Waals surface area contributed by atoms with Crippen molar-refractivity contribution in [3.63, 3.8) is 0 Å². The number of aryl methyl sites for hydroxylation is 2. The van der Waals surface area contributed by atoms with Gasteiger partial charge >= 0.3 is 0 Å². The Kier molecular flexibility index (Phi) is 5.50. The molecule has 0 spiro atoms. The van der Waals surface area contributed by atoms with E-state index in [2.05, 4.69) is 16.4 Å². The third-order valence-corrected chi connectivity index (χ3v) is 5.88. The van der Waals surface area contributed by atoms with Crippen molar-refractivity contribution in [2.45, 2.75) is 33.8 Å². The minimum atomic E-state index is -0.624. The largest absolute Gasteiger partial charge is 0.481 e. The van der Waals surface area contributed by atoms with Gasteiger partial charge in [0.2, 0.25) is 0 Å². The fourth-order valence-corrected chi connectivity index (χ4v) is 4.37. The number of pyridine rings is 1. The Morgan fingerprint density at radius 1 is 1.07 bits per heavy atom. The minimum Gasteiger partial charge on any atom is -0.481 e. The molecule has 0 fully saturated rings. The summed E-state index contributed by atoms with van der Waals surface area (Å²) in [6.07, 6.45) is 1.14. The molecule has 152 valence electrons. The second-order valence-corrected chi connectivity index (χ2v) is 8.38. The third kappa shape index (κ3) is 4.19. The van der Waals surface area contributed by atoms with Crippen LogP contribution in [-0.2, 0) is 4.79 Å². The quantitative estimate of drug-likeness (QED) is 0.453. The van der Waals surface area contributed by atoms with Gasteiger partial charge in [-0.2, -0.15) is 0 Å². The molecule has 0 aliphatic rings. The van der Waals surface area contributed by atoms with Crippen LogP contribution >= 0.6 is 11.3 Å². The molecule has 30 heavy (non-hydrogen) atoms. The summed E-state index contributed by atoms with van der Waals surface area (Å²) in [7, 11) is 0. The fourth-order valence-electron chi connectivity index (χ4n) is 3.38. The minimum absolute atomic E-state index is 0.194. The number of aromatic nitrogens is 2. The maximum Gasteiger partial charge on any atom is 0.265 e. The van der Waals surface area contributed by atoms with E-state index in [1.165, 1.54) is 0 Å². The van der Waals surface area contributed by atoms with E-state index in [1.807, 2.05) is 63.2 Å². The fraction of sp³-hybridized carbons (Fsp3) is 0.208. The Hall–Kier alpha value is -3.25. The molecular weight excluding hydrogens is 394 g/mol. The molecular formula is C24H23N3O2S. The van der Waals surface area contributed by atoms with Crippen LogP contribution in [0.15, 0.2) is 54.7 Å². The van der Waals surface area contributed by atoms with Crippen LogP contribution < -0.4 is 10.1 Å². The van der Waals surface area contributed by atoms with Crippen molar-refractivity contribution in [1.82, 2.24) is 9.97 Å². The Balaban J connectivity index is 1.54. The first kappa shape index (κ1) is 20.0. The van der Waals surface area contributed by atoms with Crippen LogP contribution in [0.25, 0.3) is 20.9 Å². The number of hydrogen-bond donors (Lipinski definition) is 1. The molecule has 1 unspecified atom stereocenters. The van der Waals surface area contributed by atoms with E-state index in [1.54, 1.807) is 24.5 Å². The van der Waals surface area contributed by atoms with Gasteiger partial charge in [0, 0.05) is 17.4 Å². The normalized spacial score (nSPS) is 12.0. The van der Waals surface area contributed by atoms with Crippen molar-refractivity contribution < 1.29 is 9.53 Å². The molecule has 4 rings (SSSR count). The molecule has 6 heteroatoms. The van der Waals surface area contributed by atoms with E-state index in [4.69, 9.17) is 9.72 Å². The summed E-state index contributed by atoms with van der Waals surface area (Å²) in [6.45, 7) is 7.76.